The molecular formula is C30H33N3O4. The molecule has 2 aliphatic rings. The van der Waals surface area contributed by atoms with Crippen LogP contribution in [-0.4, -0.2) is 35.7 Å². The largest absolute Gasteiger partial charge is 0.463 e. The van der Waals surface area contributed by atoms with Gasteiger partial charge in [0.15, 0.2) is 6.10 Å². The van der Waals surface area contributed by atoms with E-state index in [1.807, 2.05) is 69.3 Å². The molecule has 5 rings (SSSR count). The average molecular weight is 500 g/mol. The first-order chi connectivity index (χ1) is 17.6. The number of amides is 2. The number of aromatic nitrogens is 1. The van der Waals surface area contributed by atoms with Crippen LogP contribution in [-0.2, 0) is 15.1 Å². The summed E-state index contributed by atoms with van der Waals surface area (Å²) in [7, 11) is 1.75. The van der Waals surface area contributed by atoms with Crippen LogP contribution in [0, 0.1) is 0 Å². The van der Waals surface area contributed by atoms with E-state index in [4.69, 9.17) is 14.5 Å². The van der Waals surface area contributed by atoms with E-state index < -0.39 is 23.3 Å². The number of fused-ring (bicyclic) bond motifs is 1. The molecule has 7 heteroatoms. The first-order valence-electron chi connectivity index (χ1n) is 12.7. The topological polar surface area (TPSA) is 80.8 Å². The van der Waals surface area contributed by atoms with Gasteiger partial charge in [-0.2, -0.15) is 0 Å². The molecule has 1 fully saturated rings. The number of benzene rings is 2. The van der Waals surface area contributed by atoms with Crippen LogP contribution in [0.5, 0.6) is 5.88 Å². The monoisotopic (exact) mass is 499 g/mol. The standard InChI is InChI=1S/C30H33N3O4/c1-19-27(34)33(5)24-18-23(20-10-7-6-8-11-20)25(31-26(24)36-19)21-12-14-22(15-13-21)30(16-9-17-30)32-28(35)37-29(2,3)4/h6-8,10-15,18-19H,9,16-17H2,1-5H3,(H,32,35). The molecule has 1 aliphatic heterocycles. The first kappa shape index (κ1) is 24.8. The normalized spacial score (nSPS) is 18.4. The van der Waals surface area contributed by atoms with Crippen LogP contribution in [0.1, 0.15) is 52.5 Å². The molecule has 0 saturated heterocycles. The minimum absolute atomic E-state index is 0.103. The lowest BCUT2D eigenvalue weighted by atomic mass is 9.71. The Balaban J connectivity index is 1.52. The molecule has 1 aliphatic carbocycles. The molecule has 1 N–H and O–H groups in total. The van der Waals surface area contributed by atoms with E-state index in [-0.39, 0.29) is 5.91 Å². The zero-order valence-corrected chi connectivity index (χ0v) is 22.0. The van der Waals surface area contributed by atoms with Crippen molar-refractivity contribution < 1.29 is 19.1 Å². The van der Waals surface area contributed by atoms with Crippen molar-refractivity contribution in [1.29, 1.82) is 0 Å². The number of carbonyl (C=O) groups excluding carboxylic acids is 2. The fraction of sp³-hybridized carbons (Fsp3) is 0.367. The molecule has 192 valence electrons. The number of nitrogens with zero attached hydrogens (tertiary/aromatic N) is 2. The van der Waals surface area contributed by atoms with Gasteiger partial charge in [-0.1, -0.05) is 54.6 Å². The zero-order chi connectivity index (χ0) is 26.4. The van der Waals surface area contributed by atoms with Crippen molar-refractivity contribution >= 4 is 17.7 Å². The van der Waals surface area contributed by atoms with Crippen molar-refractivity contribution in [3.63, 3.8) is 0 Å². The van der Waals surface area contributed by atoms with Crippen LogP contribution in [0.25, 0.3) is 22.4 Å². The third kappa shape index (κ3) is 4.78. The molecule has 2 aromatic carbocycles. The molecule has 2 heterocycles. The van der Waals surface area contributed by atoms with Crippen molar-refractivity contribution in [3.8, 4) is 28.3 Å². The Kier molecular flexibility index (Phi) is 6.18. The van der Waals surface area contributed by atoms with Gasteiger partial charge in [-0.25, -0.2) is 9.78 Å². The summed E-state index contributed by atoms with van der Waals surface area (Å²) in [6.45, 7) is 7.33. The highest BCUT2D eigenvalue weighted by Gasteiger charge is 2.41. The lowest BCUT2D eigenvalue weighted by Crippen LogP contribution is -2.52. The number of nitrogens with one attached hydrogen (secondary N) is 1. The molecule has 1 unspecified atom stereocenters. The van der Waals surface area contributed by atoms with E-state index >= 15 is 0 Å². The Morgan fingerprint density at radius 2 is 1.76 bits per heavy atom. The van der Waals surface area contributed by atoms with Gasteiger partial charge in [0.2, 0.25) is 5.88 Å². The van der Waals surface area contributed by atoms with Crippen molar-refractivity contribution in [2.24, 2.45) is 0 Å². The summed E-state index contributed by atoms with van der Waals surface area (Å²) in [4.78, 5) is 31.6. The molecule has 1 atom stereocenters. The molecule has 3 aromatic rings. The van der Waals surface area contributed by atoms with E-state index in [1.54, 1.807) is 18.9 Å². The van der Waals surface area contributed by atoms with Gasteiger partial charge in [0.25, 0.3) is 5.91 Å². The third-order valence-corrected chi connectivity index (χ3v) is 7.04. The van der Waals surface area contributed by atoms with Crippen LogP contribution >= 0.6 is 0 Å². The van der Waals surface area contributed by atoms with Gasteiger partial charge in [-0.05, 0) is 64.2 Å². The Labute approximate surface area is 217 Å². The minimum atomic E-state index is -0.597. The summed E-state index contributed by atoms with van der Waals surface area (Å²) in [6.07, 6.45) is 1.78. The predicted octanol–water partition coefficient (Wildman–Crippen LogP) is 6.06. The lowest BCUT2D eigenvalue weighted by Gasteiger charge is -2.43. The highest BCUT2D eigenvalue weighted by Crippen LogP contribution is 2.44. The minimum Gasteiger partial charge on any atom is -0.463 e. The summed E-state index contributed by atoms with van der Waals surface area (Å²) in [5.74, 6) is 0.337. The van der Waals surface area contributed by atoms with Crippen LogP contribution in [0.3, 0.4) is 0 Å². The molecule has 7 nitrogen and oxygen atoms in total. The number of alkyl carbamates (subject to hydrolysis) is 1. The molecule has 1 saturated carbocycles. The molecule has 0 radical (unpaired) electrons. The van der Waals surface area contributed by atoms with E-state index in [2.05, 4.69) is 17.4 Å². The summed E-state index contributed by atoms with van der Waals surface area (Å²) >= 11 is 0. The second-order valence-electron chi connectivity index (χ2n) is 10.9. The Morgan fingerprint density at radius 3 is 2.35 bits per heavy atom. The van der Waals surface area contributed by atoms with Crippen LogP contribution in [0.15, 0.2) is 60.7 Å². The highest BCUT2D eigenvalue weighted by molar-refractivity contribution is 6.00. The average Bonchev–Trinajstić information content (AvgIpc) is 2.84. The Bertz CT molecular complexity index is 1330. The summed E-state index contributed by atoms with van der Waals surface area (Å²) in [5, 5.41) is 3.12. The molecular weight excluding hydrogens is 466 g/mol. The first-order valence-corrected chi connectivity index (χ1v) is 12.7. The quantitative estimate of drug-likeness (QED) is 0.472. The van der Waals surface area contributed by atoms with Gasteiger partial charge in [0.1, 0.15) is 11.3 Å². The predicted molar refractivity (Wildman–Crippen MR) is 144 cm³/mol. The second kappa shape index (κ2) is 9.21. The smallest absolute Gasteiger partial charge is 0.408 e. The number of rotatable bonds is 4. The van der Waals surface area contributed by atoms with Gasteiger partial charge in [-0.15, -0.1) is 0 Å². The van der Waals surface area contributed by atoms with Crippen LogP contribution in [0.2, 0.25) is 0 Å². The Hall–Kier alpha value is -3.87. The van der Waals surface area contributed by atoms with Gasteiger partial charge < -0.3 is 19.7 Å². The second-order valence-corrected chi connectivity index (χ2v) is 10.9. The SMILES string of the molecule is CC1Oc2nc(-c3ccc(C4(NC(=O)OC(C)(C)C)CCC4)cc3)c(-c3ccccc3)cc2N(C)C1=O. The van der Waals surface area contributed by atoms with Gasteiger partial charge in [0.05, 0.1) is 11.2 Å². The lowest BCUT2D eigenvalue weighted by molar-refractivity contribution is -0.125. The zero-order valence-electron chi connectivity index (χ0n) is 22.0. The number of likely N-dealkylation sites (N-methyl/N-ethyl adjacent to an activating group) is 1. The summed E-state index contributed by atoms with van der Waals surface area (Å²) in [5.41, 5.74) is 4.33. The number of hydrogen-bond donors (Lipinski definition) is 1. The summed E-state index contributed by atoms with van der Waals surface area (Å²) < 4.78 is 11.4. The molecule has 2 amide bonds. The van der Waals surface area contributed by atoms with Gasteiger partial charge >= 0.3 is 6.09 Å². The van der Waals surface area contributed by atoms with Crippen LogP contribution in [0.4, 0.5) is 10.5 Å². The van der Waals surface area contributed by atoms with Crippen molar-refractivity contribution in [3.05, 3.63) is 66.2 Å². The number of carbonyl (C=O) groups is 2. The maximum atomic E-state index is 12.6. The highest BCUT2D eigenvalue weighted by atomic mass is 16.6. The van der Waals surface area contributed by atoms with Crippen LogP contribution < -0.4 is 15.0 Å². The van der Waals surface area contributed by atoms with Crippen molar-refractivity contribution in [2.45, 2.75) is 64.2 Å². The fourth-order valence-electron chi connectivity index (χ4n) is 4.94. The number of ether oxygens (including phenoxy) is 2. The van der Waals surface area contributed by atoms with Gasteiger partial charge in [0, 0.05) is 18.2 Å². The van der Waals surface area contributed by atoms with E-state index in [0.29, 0.717) is 11.6 Å². The molecule has 0 spiro atoms. The molecule has 1 aromatic heterocycles. The number of anilines is 1. The fourth-order valence-corrected chi connectivity index (χ4v) is 4.94. The van der Waals surface area contributed by atoms with Crippen molar-refractivity contribution in [1.82, 2.24) is 10.3 Å². The molecule has 37 heavy (non-hydrogen) atoms. The van der Waals surface area contributed by atoms with E-state index in [9.17, 15) is 9.59 Å². The van der Waals surface area contributed by atoms with Crippen molar-refractivity contribution in [2.75, 3.05) is 11.9 Å². The Morgan fingerprint density at radius 1 is 1.08 bits per heavy atom. The number of pyridine rings is 1. The third-order valence-electron chi connectivity index (χ3n) is 7.04. The maximum absolute atomic E-state index is 12.6. The van der Waals surface area contributed by atoms with Gasteiger partial charge in [-0.3, -0.25) is 4.79 Å². The van der Waals surface area contributed by atoms with E-state index in [0.717, 1.165) is 47.2 Å². The summed E-state index contributed by atoms with van der Waals surface area (Å²) in [6, 6.07) is 20.2. The molecule has 0 bridgehead atoms. The number of hydrogen-bond acceptors (Lipinski definition) is 5. The maximum Gasteiger partial charge on any atom is 0.408 e. The van der Waals surface area contributed by atoms with E-state index in [1.165, 1.54) is 0 Å².